The van der Waals surface area contributed by atoms with E-state index in [-0.39, 0.29) is 5.91 Å². The fourth-order valence-electron chi connectivity index (χ4n) is 3.73. The van der Waals surface area contributed by atoms with Crippen LogP contribution in [0.4, 0.5) is 0 Å². The molecule has 160 valence electrons. The maximum absolute atomic E-state index is 12.3. The van der Waals surface area contributed by atoms with E-state index in [2.05, 4.69) is 48.8 Å². The lowest BCUT2D eigenvalue weighted by atomic mass is 10.2. The summed E-state index contributed by atoms with van der Waals surface area (Å²) in [7, 11) is 0. The lowest BCUT2D eigenvalue weighted by molar-refractivity contribution is -0.121. The number of carbonyl (C=O) groups is 1. The molecule has 0 unspecified atom stereocenters. The van der Waals surface area contributed by atoms with Gasteiger partial charge in [-0.1, -0.05) is 12.1 Å². The van der Waals surface area contributed by atoms with Crippen molar-refractivity contribution in [3.63, 3.8) is 0 Å². The number of amides is 1. The molecule has 3 heterocycles. The predicted molar refractivity (Wildman–Crippen MR) is 126 cm³/mol. The van der Waals surface area contributed by atoms with Crippen molar-refractivity contribution >= 4 is 28.7 Å². The maximum atomic E-state index is 12.3. The van der Waals surface area contributed by atoms with Crippen LogP contribution in [0.25, 0.3) is 16.9 Å². The highest BCUT2D eigenvalue weighted by Crippen LogP contribution is 2.25. The summed E-state index contributed by atoms with van der Waals surface area (Å²) in [5.41, 5.74) is 4.10. The number of pyridine rings is 1. The highest BCUT2D eigenvalue weighted by atomic mass is 32.2. The summed E-state index contributed by atoms with van der Waals surface area (Å²) in [5.74, 6) is 0.930. The third-order valence-corrected chi connectivity index (χ3v) is 6.02. The van der Waals surface area contributed by atoms with E-state index in [1.807, 2.05) is 40.7 Å². The Kier molecular flexibility index (Phi) is 6.42. The smallest absolute Gasteiger partial charge is 0.220 e. The molecule has 1 amide bonds. The summed E-state index contributed by atoms with van der Waals surface area (Å²) in [6.07, 6.45) is 7.19. The summed E-state index contributed by atoms with van der Waals surface area (Å²) in [4.78, 5) is 18.3. The molecule has 0 aliphatic heterocycles. The molecule has 0 bridgehead atoms. The van der Waals surface area contributed by atoms with Crippen molar-refractivity contribution in [2.45, 2.75) is 44.7 Å². The van der Waals surface area contributed by atoms with Crippen LogP contribution >= 0.6 is 11.8 Å². The minimum Gasteiger partial charge on any atom is -0.352 e. The molecule has 0 fully saturated rings. The number of benzene rings is 1. The first kappa shape index (κ1) is 21.2. The Morgan fingerprint density at radius 1 is 1.13 bits per heavy atom. The van der Waals surface area contributed by atoms with E-state index < -0.39 is 0 Å². The van der Waals surface area contributed by atoms with Gasteiger partial charge in [-0.3, -0.25) is 4.79 Å². The maximum Gasteiger partial charge on any atom is 0.220 e. The van der Waals surface area contributed by atoms with Gasteiger partial charge in [-0.05, 0) is 68.0 Å². The number of hydrogen-bond donors (Lipinski definition) is 1. The topological polar surface area (TPSA) is 64.7 Å². The molecule has 6 nitrogen and oxygen atoms in total. The minimum absolute atomic E-state index is 0.0522. The summed E-state index contributed by atoms with van der Waals surface area (Å²) in [6, 6.07) is 14.3. The zero-order chi connectivity index (χ0) is 21.8. The normalized spacial score (nSPS) is 11.2. The number of aromatic nitrogens is 4. The largest absolute Gasteiger partial charge is 0.352 e. The van der Waals surface area contributed by atoms with Crippen LogP contribution in [0.1, 0.15) is 29.7 Å². The second kappa shape index (κ2) is 9.39. The van der Waals surface area contributed by atoms with E-state index in [1.54, 1.807) is 11.8 Å². The molecule has 0 atom stereocenters. The average molecular weight is 434 g/mol. The molecule has 0 radical (unpaired) electrons. The lowest BCUT2D eigenvalue weighted by Crippen LogP contribution is -2.22. The van der Waals surface area contributed by atoms with Crippen molar-refractivity contribution in [2.75, 3.05) is 6.26 Å². The Hall–Kier alpha value is -3.06. The highest BCUT2D eigenvalue weighted by molar-refractivity contribution is 7.98. The van der Waals surface area contributed by atoms with Crippen LogP contribution in [0.5, 0.6) is 0 Å². The van der Waals surface area contributed by atoms with Crippen LogP contribution in [0.15, 0.2) is 59.8 Å². The molecule has 7 heteroatoms. The second-order valence-electron chi connectivity index (χ2n) is 7.64. The Balaban J connectivity index is 1.41. The summed E-state index contributed by atoms with van der Waals surface area (Å²) in [6.45, 7) is 5.28. The van der Waals surface area contributed by atoms with Crippen LogP contribution in [-0.4, -0.2) is 31.5 Å². The summed E-state index contributed by atoms with van der Waals surface area (Å²) >= 11 is 1.71. The van der Waals surface area contributed by atoms with Crippen LogP contribution in [0.3, 0.4) is 0 Å². The number of rotatable bonds is 8. The van der Waals surface area contributed by atoms with Gasteiger partial charge in [-0.15, -0.1) is 11.8 Å². The van der Waals surface area contributed by atoms with Gasteiger partial charge in [-0.25, -0.2) is 9.67 Å². The van der Waals surface area contributed by atoms with Crippen LogP contribution in [-0.2, 0) is 17.9 Å². The molecule has 31 heavy (non-hydrogen) atoms. The summed E-state index contributed by atoms with van der Waals surface area (Å²) < 4.78 is 3.94. The van der Waals surface area contributed by atoms with Crippen molar-refractivity contribution in [1.82, 2.24) is 24.6 Å². The average Bonchev–Trinajstić information content (AvgIpc) is 3.41. The van der Waals surface area contributed by atoms with Crippen molar-refractivity contribution in [1.29, 1.82) is 0 Å². The molecular weight excluding hydrogens is 406 g/mol. The molecule has 4 rings (SSSR count). The number of hydrogen-bond acceptors (Lipinski definition) is 4. The Bertz CT molecular complexity index is 1180. The highest BCUT2D eigenvalue weighted by Gasteiger charge is 2.16. The molecular formula is C24H27N5OS. The number of carbonyl (C=O) groups excluding carboxylic acids is 1. The molecule has 1 aromatic carbocycles. The molecule has 3 aromatic heterocycles. The SMILES string of the molecule is CSc1ccc(CNC(=O)CCCn2nc(-n3cccc3)c3c(C)cc(C)nc32)cc1. The van der Waals surface area contributed by atoms with Crippen molar-refractivity contribution in [2.24, 2.45) is 0 Å². The van der Waals surface area contributed by atoms with Crippen molar-refractivity contribution in [3.05, 3.63) is 71.7 Å². The van der Waals surface area contributed by atoms with Gasteiger partial charge in [0.2, 0.25) is 5.91 Å². The zero-order valence-corrected chi connectivity index (χ0v) is 18.9. The second-order valence-corrected chi connectivity index (χ2v) is 8.52. The molecule has 0 spiro atoms. The van der Waals surface area contributed by atoms with Crippen molar-refractivity contribution in [3.8, 4) is 5.82 Å². The predicted octanol–water partition coefficient (Wildman–Crippen LogP) is 4.66. The number of nitrogens with zero attached hydrogens (tertiary/aromatic N) is 4. The van der Waals surface area contributed by atoms with E-state index in [0.717, 1.165) is 33.7 Å². The fourth-order valence-corrected chi connectivity index (χ4v) is 4.13. The fraction of sp³-hybridized carbons (Fsp3) is 0.292. The van der Waals surface area contributed by atoms with Gasteiger partial charge < -0.3 is 9.88 Å². The number of thioether (sulfide) groups is 1. The molecule has 1 N–H and O–H groups in total. The van der Waals surface area contributed by atoms with Gasteiger partial charge in [0, 0.05) is 42.5 Å². The van der Waals surface area contributed by atoms with Crippen molar-refractivity contribution < 1.29 is 4.79 Å². The Morgan fingerprint density at radius 2 is 1.87 bits per heavy atom. The number of fused-ring (bicyclic) bond motifs is 1. The lowest BCUT2D eigenvalue weighted by Gasteiger charge is -2.07. The van der Waals surface area contributed by atoms with Gasteiger partial charge >= 0.3 is 0 Å². The monoisotopic (exact) mass is 433 g/mol. The summed E-state index contributed by atoms with van der Waals surface area (Å²) in [5, 5.41) is 8.89. The minimum atomic E-state index is 0.0522. The Labute approximate surface area is 186 Å². The van der Waals surface area contributed by atoms with Gasteiger partial charge in [0.15, 0.2) is 11.5 Å². The van der Waals surface area contributed by atoms with Gasteiger partial charge in [0.25, 0.3) is 0 Å². The third kappa shape index (κ3) is 4.82. The van der Waals surface area contributed by atoms with Crippen LogP contribution < -0.4 is 5.32 Å². The van der Waals surface area contributed by atoms with E-state index in [1.165, 1.54) is 4.90 Å². The quantitative estimate of drug-likeness (QED) is 0.411. The van der Waals surface area contributed by atoms with Gasteiger partial charge in [0.1, 0.15) is 0 Å². The Morgan fingerprint density at radius 3 is 2.58 bits per heavy atom. The molecule has 0 aliphatic carbocycles. The number of nitrogens with one attached hydrogen (secondary N) is 1. The molecule has 0 saturated carbocycles. The van der Waals surface area contributed by atoms with E-state index >= 15 is 0 Å². The van der Waals surface area contributed by atoms with E-state index in [4.69, 9.17) is 10.1 Å². The first-order valence-corrected chi connectivity index (χ1v) is 11.7. The van der Waals surface area contributed by atoms with E-state index in [9.17, 15) is 4.79 Å². The van der Waals surface area contributed by atoms with E-state index in [0.29, 0.717) is 25.9 Å². The standard InChI is InChI=1S/C24H27N5OS/c1-17-15-18(2)26-23-22(17)24(28-12-4-5-13-28)27-29(23)14-6-7-21(30)25-16-19-8-10-20(31-3)11-9-19/h4-5,8-13,15H,6-7,14,16H2,1-3H3,(H,25,30). The zero-order valence-electron chi connectivity index (χ0n) is 18.1. The first-order chi connectivity index (χ1) is 15.0. The van der Waals surface area contributed by atoms with Crippen LogP contribution in [0.2, 0.25) is 0 Å². The third-order valence-electron chi connectivity index (χ3n) is 5.28. The van der Waals surface area contributed by atoms with Gasteiger partial charge in [0.05, 0.1) is 5.39 Å². The molecule has 0 aliphatic rings. The molecule has 4 aromatic rings. The van der Waals surface area contributed by atoms with Crippen LogP contribution in [0, 0.1) is 13.8 Å². The molecule has 0 saturated heterocycles. The van der Waals surface area contributed by atoms with Gasteiger partial charge in [-0.2, -0.15) is 5.10 Å². The first-order valence-electron chi connectivity index (χ1n) is 10.4. The number of aryl methyl sites for hydroxylation is 3.